The number of rotatable bonds is 0. The van der Waals surface area contributed by atoms with E-state index in [0.717, 1.165) is 6.42 Å². The SMILES string of the molecule is [C]1=C\CCC/C=C\C/1. The van der Waals surface area contributed by atoms with Crippen LogP contribution in [0.1, 0.15) is 25.7 Å². The molecule has 0 saturated heterocycles. The molecule has 0 heteroatoms. The van der Waals surface area contributed by atoms with Crippen LogP contribution in [0.4, 0.5) is 0 Å². The van der Waals surface area contributed by atoms with Crippen LogP contribution in [0.5, 0.6) is 0 Å². The van der Waals surface area contributed by atoms with Crippen molar-refractivity contribution in [3.8, 4) is 0 Å². The topological polar surface area (TPSA) is 0 Å². The average Bonchev–Trinajstić information content (AvgIpc) is 1.62. The molecule has 0 fully saturated rings. The van der Waals surface area contributed by atoms with Gasteiger partial charge in [0.2, 0.25) is 0 Å². The van der Waals surface area contributed by atoms with Crippen LogP contribution >= 0.6 is 0 Å². The van der Waals surface area contributed by atoms with Gasteiger partial charge in [0.25, 0.3) is 0 Å². The third-order valence-corrected chi connectivity index (χ3v) is 1.27. The summed E-state index contributed by atoms with van der Waals surface area (Å²) in [6.45, 7) is 0. The Kier molecular flexibility index (Phi) is 2.44. The third-order valence-electron chi connectivity index (χ3n) is 1.27. The molecule has 0 spiro atoms. The molecule has 0 atom stereocenters. The summed E-state index contributed by atoms with van der Waals surface area (Å²) >= 11 is 0. The van der Waals surface area contributed by atoms with Gasteiger partial charge in [0.15, 0.2) is 0 Å². The molecule has 0 aromatic heterocycles. The zero-order valence-electron chi connectivity index (χ0n) is 5.06. The molecule has 0 aliphatic heterocycles. The quantitative estimate of drug-likeness (QED) is 0.417. The van der Waals surface area contributed by atoms with E-state index in [1.54, 1.807) is 0 Å². The highest BCUT2D eigenvalue weighted by molar-refractivity contribution is 4.90. The minimum Gasteiger partial charge on any atom is -0.0882 e. The van der Waals surface area contributed by atoms with E-state index in [2.05, 4.69) is 24.3 Å². The van der Waals surface area contributed by atoms with Crippen molar-refractivity contribution in [2.75, 3.05) is 0 Å². The lowest BCUT2D eigenvalue weighted by atomic mass is 10.1. The molecule has 1 aliphatic carbocycles. The summed E-state index contributed by atoms with van der Waals surface area (Å²) in [5, 5.41) is 0. The van der Waals surface area contributed by atoms with Crippen molar-refractivity contribution in [1.29, 1.82) is 0 Å². The smallest absolute Gasteiger partial charge is 0.00979 e. The zero-order valence-corrected chi connectivity index (χ0v) is 5.06. The van der Waals surface area contributed by atoms with Crippen LogP contribution in [-0.4, -0.2) is 0 Å². The van der Waals surface area contributed by atoms with Crippen molar-refractivity contribution in [2.45, 2.75) is 25.7 Å². The average molecular weight is 107 g/mol. The molecule has 43 valence electrons. The summed E-state index contributed by atoms with van der Waals surface area (Å²) in [6, 6.07) is 0. The molecular weight excluding hydrogens is 96.1 g/mol. The first-order chi connectivity index (χ1) is 4.00. The summed E-state index contributed by atoms with van der Waals surface area (Å²) < 4.78 is 0. The molecule has 0 N–H and O–H groups in total. The van der Waals surface area contributed by atoms with Gasteiger partial charge in [0, 0.05) is 0 Å². The molecule has 1 radical (unpaired) electrons. The number of hydrogen-bond donors (Lipinski definition) is 0. The highest BCUT2D eigenvalue weighted by Gasteiger charge is 1.83. The molecule has 0 unspecified atom stereocenters. The van der Waals surface area contributed by atoms with Crippen molar-refractivity contribution in [3.05, 3.63) is 24.3 Å². The molecule has 0 aromatic carbocycles. The van der Waals surface area contributed by atoms with E-state index in [0.29, 0.717) is 0 Å². The van der Waals surface area contributed by atoms with Gasteiger partial charge in [0.1, 0.15) is 0 Å². The largest absolute Gasteiger partial charge is 0.0882 e. The summed E-state index contributed by atoms with van der Waals surface area (Å²) in [5.41, 5.74) is 0. The van der Waals surface area contributed by atoms with Crippen molar-refractivity contribution < 1.29 is 0 Å². The molecule has 1 rings (SSSR count). The fourth-order valence-electron chi connectivity index (χ4n) is 0.792. The molecule has 0 amide bonds. The van der Waals surface area contributed by atoms with E-state index in [-0.39, 0.29) is 0 Å². The fraction of sp³-hybridized carbons (Fsp3) is 0.500. The van der Waals surface area contributed by atoms with E-state index in [1.807, 2.05) is 0 Å². The van der Waals surface area contributed by atoms with Crippen molar-refractivity contribution in [3.63, 3.8) is 0 Å². The van der Waals surface area contributed by atoms with Crippen LogP contribution in [0.3, 0.4) is 0 Å². The summed E-state index contributed by atoms with van der Waals surface area (Å²) in [5.74, 6) is 0. The van der Waals surface area contributed by atoms with Crippen LogP contribution in [0, 0.1) is 6.08 Å². The standard InChI is InChI=1S/C8H11/c1-2-4-6-8-7-5-3-1/h1-2,8H,3-5,7H2/b2-1-,8-6?. The zero-order chi connectivity index (χ0) is 5.66. The molecular formula is C8H11. The third kappa shape index (κ3) is 1.97. The molecule has 0 saturated carbocycles. The lowest BCUT2D eigenvalue weighted by Gasteiger charge is -1.92. The Morgan fingerprint density at radius 2 is 2.12 bits per heavy atom. The number of hydrogen-bond acceptors (Lipinski definition) is 0. The fourth-order valence-corrected chi connectivity index (χ4v) is 0.792. The molecule has 8 heavy (non-hydrogen) atoms. The van der Waals surface area contributed by atoms with Gasteiger partial charge in [-0.2, -0.15) is 0 Å². The second kappa shape index (κ2) is 3.48. The van der Waals surface area contributed by atoms with Gasteiger partial charge in [-0.05, 0) is 31.8 Å². The van der Waals surface area contributed by atoms with Crippen molar-refractivity contribution in [1.82, 2.24) is 0 Å². The van der Waals surface area contributed by atoms with E-state index >= 15 is 0 Å². The Bertz CT molecular complexity index is 86.6. The van der Waals surface area contributed by atoms with Gasteiger partial charge in [-0.25, -0.2) is 0 Å². The van der Waals surface area contributed by atoms with Gasteiger partial charge < -0.3 is 0 Å². The lowest BCUT2D eigenvalue weighted by molar-refractivity contribution is 0.853. The van der Waals surface area contributed by atoms with Crippen LogP contribution in [0.2, 0.25) is 0 Å². The monoisotopic (exact) mass is 107 g/mol. The summed E-state index contributed by atoms with van der Waals surface area (Å²) in [4.78, 5) is 0. The highest BCUT2D eigenvalue weighted by Crippen LogP contribution is 2.02. The maximum atomic E-state index is 3.18. The van der Waals surface area contributed by atoms with Crippen LogP contribution in [0.15, 0.2) is 18.2 Å². The van der Waals surface area contributed by atoms with Crippen molar-refractivity contribution in [2.24, 2.45) is 0 Å². The second-order valence-corrected chi connectivity index (χ2v) is 2.01. The Labute approximate surface area is 50.9 Å². The van der Waals surface area contributed by atoms with E-state index in [9.17, 15) is 0 Å². The van der Waals surface area contributed by atoms with Gasteiger partial charge in [0.05, 0.1) is 0 Å². The van der Waals surface area contributed by atoms with Crippen LogP contribution < -0.4 is 0 Å². The highest BCUT2D eigenvalue weighted by atomic mass is 13.9. The second-order valence-electron chi connectivity index (χ2n) is 2.01. The van der Waals surface area contributed by atoms with E-state index < -0.39 is 0 Å². The predicted octanol–water partition coefficient (Wildman–Crippen LogP) is 2.48. The lowest BCUT2D eigenvalue weighted by Crippen LogP contribution is -1.73. The van der Waals surface area contributed by atoms with E-state index in [1.165, 1.54) is 19.3 Å². The van der Waals surface area contributed by atoms with E-state index in [4.69, 9.17) is 0 Å². The Balaban J connectivity index is 2.31. The van der Waals surface area contributed by atoms with Gasteiger partial charge in [-0.3, -0.25) is 0 Å². The predicted molar refractivity (Wildman–Crippen MR) is 35.4 cm³/mol. The summed E-state index contributed by atoms with van der Waals surface area (Å²) in [6.07, 6.45) is 14.5. The normalized spacial score (nSPS) is 28.0. The van der Waals surface area contributed by atoms with Gasteiger partial charge in [-0.1, -0.05) is 18.2 Å². The molecule has 0 aromatic rings. The van der Waals surface area contributed by atoms with Crippen LogP contribution in [-0.2, 0) is 0 Å². The van der Waals surface area contributed by atoms with Gasteiger partial charge >= 0.3 is 0 Å². The molecule has 1 aliphatic rings. The molecule has 0 heterocycles. The Hall–Kier alpha value is -0.520. The Morgan fingerprint density at radius 3 is 3.12 bits per heavy atom. The molecule has 0 bridgehead atoms. The molecule has 0 nitrogen and oxygen atoms in total. The minimum absolute atomic E-state index is 1.01. The first-order valence-corrected chi connectivity index (χ1v) is 3.20. The Morgan fingerprint density at radius 1 is 1.12 bits per heavy atom. The van der Waals surface area contributed by atoms with Gasteiger partial charge in [-0.15, -0.1) is 0 Å². The number of allylic oxidation sites excluding steroid dienone is 4. The first-order valence-electron chi connectivity index (χ1n) is 3.20. The summed E-state index contributed by atoms with van der Waals surface area (Å²) in [7, 11) is 0. The maximum absolute atomic E-state index is 3.18. The maximum Gasteiger partial charge on any atom is -0.00979 e. The van der Waals surface area contributed by atoms with Crippen LogP contribution in [0.25, 0.3) is 0 Å². The first kappa shape index (κ1) is 5.61. The van der Waals surface area contributed by atoms with Crippen molar-refractivity contribution >= 4 is 0 Å². The minimum atomic E-state index is 1.01.